The third-order valence-corrected chi connectivity index (χ3v) is 3.83. The summed E-state index contributed by atoms with van der Waals surface area (Å²) in [7, 11) is 0. The molecule has 25 heavy (non-hydrogen) atoms. The van der Waals surface area contributed by atoms with Gasteiger partial charge in [0.1, 0.15) is 18.1 Å². The van der Waals surface area contributed by atoms with Crippen LogP contribution in [0.2, 0.25) is 0 Å². The fourth-order valence-corrected chi connectivity index (χ4v) is 2.39. The third kappa shape index (κ3) is 3.98. The number of anilines is 2. The van der Waals surface area contributed by atoms with Crippen molar-refractivity contribution >= 4 is 17.3 Å². The first-order valence-corrected chi connectivity index (χ1v) is 7.84. The Morgan fingerprint density at radius 3 is 2.60 bits per heavy atom. The molecule has 1 amide bonds. The summed E-state index contributed by atoms with van der Waals surface area (Å²) in [6, 6.07) is 14.0. The van der Waals surface area contributed by atoms with E-state index in [4.69, 9.17) is 15.0 Å². The predicted molar refractivity (Wildman–Crippen MR) is 95.6 cm³/mol. The van der Waals surface area contributed by atoms with Gasteiger partial charge in [0.2, 0.25) is 0 Å². The van der Waals surface area contributed by atoms with Crippen LogP contribution in [0.1, 0.15) is 27.4 Å². The number of nitrogens with one attached hydrogen (secondary N) is 1. The molecule has 1 heterocycles. The number of aromatic nitrogens is 1. The van der Waals surface area contributed by atoms with Crippen molar-refractivity contribution in [1.82, 2.24) is 5.16 Å². The Balaban J connectivity index is 1.62. The molecule has 1 aromatic heterocycles. The van der Waals surface area contributed by atoms with E-state index in [0.29, 0.717) is 29.3 Å². The zero-order valence-electron chi connectivity index (χ0n) is 14.1. The van der Waals surface area contributed by atoms with Gasteiger partial charge in [-0.25, -0.2) is 0 Å². The Kier molecular flexibility index (Phi) is 4.70. The number of rotatable bonds is 5. The molecule has 0 saturated heterocycles. The molecule has 0 unspecified atom stereocenters. The number of nitrogens with two attached hydrogens (primary N) is 1. The maximum absolute atomic E-state index is 12.3. The minimum absolute atomic E-state index is 0.206. The Morgan fingerprint density at radius 1 is 1.20 bits per heavy atom. The van der Waals surface area contributed by atoms with Crippen LogP contribution in [0, 0.1) is 13.8 Å². The van der Waals surface area contributed by atoms with Gasteiger partial charge in [-0.2, -0.15) is 0 Å². The number of nitrogen functional groups attached to an aromatic ring is 1. The van der Waals surface area contributed by atoms with E-state index in [-0.39, 0.29) is 5.91 Å². The molecule has 0 saturated carbocycles. The lowest BCUT2D eigenvalue weighted by Crippen LogP contribution is -2.11. The largest absolute Gasteiger partial charge is 0.489 e. The van der Waals surface area contributed by atoms with Crippen LogP contribution in [0.4, 0.5) is 11.4 Å². The van der Waals surface area contributed by atoms with Crippen LogP contribution in [-0.2, 0) is 6.61 Å². The second-order valence-corrected chi connectivity index (χ2v) is 5.70. The lowest BCUT2D eigenvalue weighted by Gasteiger charge is -2.08. The zero-order chi connectivity index (χ0) is 17.8. The first-order chi connectivity index (χ1) is 12.0. The van der Waals surface area contributed by atoms with Crippen LogP contribution in [-0.4, -0.2) is 11.1 Å². The standard InChI is InChI=1S/C19H19N3O3/c1-12-18(13(2)25-22-12)11-24-17-8-6-14(7-9-17)19(23)21-16-5-3-4-15(20)10-16/h3-10H,11,20H2,1-2H3,(H,21,23). The lowest BCUT2D eigenvalue weighted by atomic mass is 10.2. The summed E-state index contributed by atoms with van der Waals surface area (Å²) < 4.78 is 10.8. The predicted octanol–water partition coefficient (Wildman–Crippen LogP) is 3.70. The molecule has 3 rings (SSSR count). The highest BCUT2D eigenvalue weighted by atomic mass is 16.5. The third-order valence-electron chi connectivity index (χ3n) is 3.83. The molecule has 6 nitrogen and oxygen atoms in total. The summed E-state index contributed by atoms with van der Waals surface area (Å²) in [6.07, 6.45) is 0. The summed E-state index contributed by atoms with van der Waals surface area (Å²) in [5, 5.41) is 6.70. The highest BCUT2D eigenvalue weighted by molar-refractivity contribution is 6.04. The smallest absolute Gasteiger partial charge is 0.255 e. The van der Waals surface area contributed by atoms with Gasteiger partial charge in [-0.15, -0.1) is 0 Å². The van der Waals surface area contributed by atoms with Crippen LogP contribution in [0.15, 0.2) is 53.1 Å². The average molecular weight is 337 g/mol. The molecule has 0 atom stereocenters. The number of hydrogen-bond acceptors (Lipinski definition) is 5. The van der Waals surface area contributed by atoms with Crippen LogP contribution in [0.5, 0.6) is 5.75 Å². The van der Waals surface area contributed by atoms with Crippen LogP contribution >= 0.6 is 0 Å². The molecule has 2 aromatic carbocycles. The minimum atomic E-state index is -0.206. The van der Waals surface area contributed by atoms with E-state index in [1.54, 1.807) is 48.5 Å². The minimum Gasteiger partial charge on any atom is -0.489 e. The molecule has 0 spiro atoms. The Hall–Kier alpha value is -3.28. The fraction of sp³-hybridized carbons (Fsp3) is 0.158. The first kappa shape index (κ1) is 16.6. The van der Waals surface area contributed by atoms with Gasteiger partial charge in [-0.1, -0.05) is 11.2 Å². The zero-order valence-corrected chi connectivity index (χ0v) is 14.1. The van der Waals surface area contributed by atoms with Crippen molar-refractivity contribution in [2.24, 2.45) is 0 Å². The number of aryl methyl sites for hydroxylation is 2. The monoisotopic (exact) mass is 337 g/mol. The van der Waals surface area contributed by atoms with Crippen molar-refractivity contribution in [2.45, 2.75) is 20.5 Å². The van der Waals surface area contributed by atoms with Crippen LogP contribution in [0.25, 0.3) is 0 Å². The van der Waals surface area contributed by atoms with Crippen molar-refractivity contribution in [1.29, 1.82) is 0 Å². The van der Waals surface area contributed by atoms with Gasteiger partial charge in [0, 0.05) is 16.9 Å². The molecule has 0 radical (unpaired) electrons. The van der Waals surface area contributed by atoms with Gasteiger partial charge in [-0.3, -0.25) is 4.79 Å². The summed E-state index contributed by atoms with van der Waals surface area (Å²) in [5.74, 6) is 1.21. The second-order valence-electron chi connectivity index (χ2n) is 5.70. The van der Waals surface area contributed by atoms with E-state index in [0.717, 1.165) is 17.0 Å². The van der Waals surface area contributed by atoms with Crippen molar-refractivity contribution < 1.29 is 14.1 Å². The van der Waals surface area contributed by atoms with Crippen molar-refractivity contribution in [3.05, 3.63) is 71.1 Å². The summed E-state index contributed by atoms with van der Waals surface area (Å²) in [4.78, 5) is 12.3. The van der Waals surface area contributed by atoms with E-state index >= 15 is 0 Å². The number of carbonyl (C=O) groups excluding carboxylic acids is 1. The molecule has 0 aliphatic carbocycles. The topological polar surface area (TPSA) is 90.4 Å². The quantitative estimate of drug-likeness (QED) is 0.693. The average Bonchev–Trinajstić information content (AvgIpc) is 2.92. The number of benzene rings is 2. The lowest BCUT2D eigenvalue weighted by molar-refractivity contribution is 0.102. The molecule has 0 aliphatic heterocycles. The van der Waals surface area contributed by atoms with Gasteiger partial charge in [0.25, 0.3) is 5.91 Å². The first-order valence-electron chi connectivity index (χ1n) is 7.84. The van der Waals surface area contributed by atoms with Crippen molar-refractivity contribution in [3.8, 4) is 5.75 Å². The molecule has 0 bridgehead atoms. The maximum Gasteiger partial charge on any atom is 0.255 e. The number of amides is 1. The van der Waals surface area contributed by atoms with E-state index < -0.39 is 0 Å². The number of nitrogens with zero attached hydrogens (tertiary/aromatic N) is 1. The number of carbonyl (C=O) groups is 1. The molecular formula is C19H19N3O3. The Labute approximate surface area is 145 Å². The molecule has 6 heteroatoms. The highest BCUT2D eigenvalue weighted by Gasteiger charge is 2.10. The van der Waals surface area contributed by atoms with E-state index in [1.807, 2.05) is 13.8 Å². The van der Waals surface area contributed by atoms with Crippen LogP contribution < -0.4 is 15.8 Å². The Morgan fingerprint density at radius 2 is 1.96 bits per heavy atom. The summed E-state index contributed by atoms with van der Waals surface area (Å²) in [5.41, 5.74) is 9.25. The van der Waals surface area contributed by atoms with Gasteiger partial charge in [-0.05, 0) is 56.3 Å². The number of ether oxygens (including phenoxy) is 1. The van der Waals surface area contributed by atoms with E-state index in [1.165, 1.54) is 0 Å². The SMILES string of the molecule is Cc1noc(C)c1COc1ccc(C(=O)Nc2cccc(N)c2)cc1. The maximum atomic E-state index is 12.3. The molecule has 3 aromatic rings. The van der Waals surface area contributed by atoms with Gasteiger partial charge in [0.05, 0.1) is 11.3 Å². The summed E-state index contributed by atoms with van der Waals surface area (Å²) in [6.45, 7) is 4.09. The van der Waals surface area contributed by atoms with Gasteiger partial charge < -0.3 is 20.3 Å². The molecule has 0 aliphatic rings. The molecule has 0 fully saturated rings. The van der Waals surface area contributed by atoms with Crippen LogP contribution in [0.3, 0.4) is 0 Å². The molecular weight excluding hydrogens is 318 g/mol. The van der Waals surface area contributed by atoms with Gasteiger partial charge in [0.15, 0.2) is 0 Å². The molecule has 3 N–H and O–H groups in total. The second kappa shape index (κ2) is 7.09. The molecule has 128 valence electrons. The number of hydrogen-bond donors (Lipinski definition) is 2. The van der Waals surface area contributed by atoms with E-state index in [2.05, 4.69) is 10.5 Å². The van der Waals surface area contributed by atoms with E-state index in [9.17, 15) is 4.79 Å². The fourth-order valence-electron chi connectivity index (χ4n) is 2.39. The normalized spacial score (nSPS) is 10.5. The highest BCUT2D eigenvalue weighted by Crippen LogP contribution is 2.19. The summed E-state index contributed by atoms with van der Waals surface area (Å²) >= 11 is 0. The van der Waals surface area contributed by atoms with Crippen molar-refractivity contribution in [2.75, 3.05) is 11.1 Å². The van der Waals surface area contributed by atoms with Gasteiger partial charge >= 0.3 is 0 Å². The Bertz CT molecular complexity index is 866. The van der Waals surface area contributed by atoms with Crippen molar-refractivity contribution in [3.63, 3.8) is 0 Å².